The predicted octanol–water partition coefficient (Wildman–Crippen LogP) is 2.34. The summed E-state index contributed by atoms with van der Waals surface area (Å²) >= 11 is 0. The van der Waals surface area contributed by atoms with Crippen molar-refractivity contribution in [3.8, 4) is 5.75 Å². The van der Waals surface area contributed by atoms with Gasteiger partial charge in [-0.1, -0.05) is 23.4 Å². The van der Waals surface area contributed by atoms with Gasteiger partial charge in [-0.15, -0.1) is 0 Å². The van der Waals surface area contributed by atoms with Gasteiger partial charge in [-0.3, -0.25) is 0 Å². The lowest BCUT2D eigenvalue weighted by atomic mass is 9.98. The van der Waals surface area contributed by atoms with E-state index in [1.165, 1.54) is 0 Å². The third-order valence-electron chi connectivity index (χ3n) is 4.09. The molecule has 2 atom stereocenters. The summed E-state index contributed by atoms with van der Waals surface area (Å²) in [5.74, 6) is 2.25. The molecule has 0 spiro atoms. The fourth-order valence-electron chi connectivity index (χ4n) is 2.89. The molecule has 22 heavy (non-hydrogen) atoms. The van der Waals surface area contributed by atoms with Crippen molar-refractivity contribution in [2.45, 2.75) is 25.9 Å². The second-order valence-corrected chi connectivity index (χ2v) is 5.74. The van der Waals surface area contributed by atoms with Gasteiger partial charge in [0.25, 0.3) is 0 Å². The lowest BCUT2D eigenvalue weighted by Crippen LogP contribution is -2.36. The molecule has 0 unspecified atom stereocenters. The molecule has 2 heterocycles. The summed E-state index contributed by atoms with van der Waals surface area (Å²) in [5.41, 5.74) is 2.08. The molecule has 1 saturated heterocycles. The van der Waals surface area contributed by atoms with Crippen molar-refractivity contribution in [1.82, 2.24) is 10.5 Å². The van der Waals surface area contributed by atoms with Crippen molar-refractivity contribution in [2.75, 3.05) is 20.3 Å². The van der Waals surface area contributed by atoms with Crippen LogP contribution in [0.1, 0.15) is 17.0 Å². The minimum absolute atomic E-state index is 0.315. The number of nitrogens with zero attached hydrogens (tertiary/aromatic N) is 1. The van der Waals surface area contributed by atoms with E-state index in [1.54, 1.807) is 7.11 Å². The Balaban J connectivity index is 1.59. The monoisotopic (exact) mass is 302 g/mol. The number of benzene rings is 1. The Morgan fingerprint density at radius 2 is 2.18 bits per heavy atom. The number of methoxy groups -OCH3 is 1. The normalized spacial score (nSPS) is 21.2. The molecule has 1 aliphatic rings. The molecule has 2 aromatic rings. The van der Waals surface area contributed by atoms with Gasteiger partial charge < -0.3 is 19.3 Å². The smallest absolute Gasteiger partial charge is 0.137 e. The van der Waals surface area contributed by atoms with Gasteiger partial charge in [0.1, 0.15) is 11.5 Å². The Morgan fingerprint density at radius 1 is 1.32 bits per heavy atom. The van der Waals surface area contributed by atoms with Gasteiger partial charge in [-0.05, 0) is 13.0 Å². The van der Waals surface area contributed by atoms with Crippen molar-refractivity contribution in [2.24, 2.45) is 5.92 Å². The van der Waals surface area contributed by atoms with Crippen molar-refractivity contribution >= 4 is 0 Å². The number of hydrogen-bond donors (Lipinski definition) is 1. The molecule has 0 aliphatic carbocycles. The van der Waals surface area contributed by atoms with Gasteiger partial charge in [0, 0.05) is 36.6 Å². The zero-order valence-electron chi connectivity index (χ0n) is 13.0. The molecule has 0 radical (unpaired) electrons. The van der Waals surface area contributed by atoms with Crippen molar-refractivity contribution in [1.29, 1.82) is 0 Å². The molecule has 0 amide bonds. The van der Waals surface area contributed by atoms with Crippen LogP contribution >= 0.6 is 0 Å². The van der Waals surface area contributed by atoms with Crippen LogP contribution in [0, 0.1) is 12.8 Å². The van der Waals surface area contributed by atoms with E-state index >= 15 is 0 Å². The quantitative estimate of drug-likeness (QED) is 0.887. The summed E-state index contributed by atoms with van der Waals surface area (Å²) < 4.78 is 16.3. The number of nitrogens with one attached hydrogen (secondary N) is 1. The van der Waals surface area contributed by atoms with Crippen LogP contribution in [0.25, 0.3) is 0 Å². The Morgan fingerprint density at radius 3 is 2.95 bits per heavy atom. The van der Waals surface area contributed by atoms with Crippen LogP contribution in [-0.2, 0) is 17.7 Å². The second-order valence-electron chi connectivity index (χ2n) is 5.74. The highest BCUT2D eigenvalue weighted by Gasteiger charge is 2.29. The standard InChI is InChI=1S/C17H22N2O3/c1-12-7-15(22-19-12)8-14-10-21-11-16(14)18-9-13-5-3-4-6-17(13)20-2/h3-7,14,16,18H,8-11H2,1-2H3/t14-,16-/m1/s1. The van der Waals surface area contributed by atoms with Crippen LogP contribution in [-0.4, -0.2) is 31.5 Å². The molecule has 0 bridgehead atoms. The van der Waals surface area contributed by atoms with Crippen LogP contribution in [0.3, 0.4) is 0 Å². The first-order chi connectivity index (χ1) is 10.8. The second kappa shape index (κ2) is 6.94. The lowest BCUT2D eigenvalue weighted by Gasteiger charge is -2.19. The van der Waals surface area contributed by atoms with Gasteiger partial charge >= 0.3 is 0 Å². The van der Waals surface area contributed by atoms with E-state index in [1.807, 2.05) is 31.2 Å². The average Bonchev–Trinajstić information content (AvgIpc) is 3.15. The number of hydrogen-bond acceptors (Lipinski definition) is 5. The van der Waals surface area contributed by atoms with Crippen LogP contribution < -0.4 is 10.1 Å². The van der Waals surface area contributed by atoms with E-state index in [2.05, 4.69) is 16.5 Å². The Bertz CT molecular complexity index is 611. The predicted molar refractivity (Wildman–Crippen MR) is 82.9 cm³/mol. The zero-order valence-corrected chi connectivity index (χ0v) is 13.0. The van der Waals surface area contributed by atoms with Gasteiger partial charge in [-0.25, -0.2) is 0 Å². The summed E-state index contributed by atoms with van der Waals surface area (Å²) in [7, 11) is 1.70. The zero-order chi connectivity index (χ0) is 15.4. The third-order valence-corrected chi connectivity index (χ3v) is 4.09. The molecule has 5 nitrogen and oxygen atoms in total. The number of para-hydroxylation sites is 1. The van der Waals surface area contributed by atoms with E-state index in [4.69, 9.17) is 14.0 Å². The van der Waals surface area contributed by atoms with Crippen LogP contribution in [0.4, 0.5) is 0 Å². The van der Waals surface area contributed by atoms with Gasteiger partial charge in [-0.2, -0.15) is 0 Å². The minimum atomic E-state index is 0.315. The highest BCUT2D eigenvalue weighted by atomic mass is 16.5. The van der Waals surface area contributed by atoms with E-state index in [-0.39, 0.29) is 0 Å². The van der Waals surface area contributed by atoms with E-state index in [0.29, 0.717) is 12.0 Å². The molecule has 3 rings (SSSR count). The molecule has 0 saturated carbocycles. The van der Waals surface area contributed by atoms with E-state index < -0.39 is 0 Å². The topological polar surface area (TPSA) is 56.5 Å². The summed E-state index contributed by atoms with van der Waals surface area (Å²) in [5, 5.41) is 7.53. The van der Waals surface area contributed by atoms with E-state index in [0.717, 1.165) is 48.9 Å². The Hall–Kier alpha value is -1.85. The van der Waals surface area contributed by atoms with Crippen LogP contribution in [0.2, 0.25) is 0 Å². The van der Waals surface area contributed by atoms with Crippen molar-refractivity contribution in [3.63, 3.8) is 0 Å². The molecular formula is C17H22N2O3. The van der Waals surface area contributed by atoms with Crippen molar-refractivity contribution < 1.29 is 14.0 Å². The maximum atomic E-state index is 5.64. The summed E-state index contributed by atoms with van der Waals surface area (Å²) in [6, 6.07) is 10.4. The van der Waals surface area contributed by atoms with E-state index in [9.17, 15) is 0 Å². The van der Waals surface area contributed by atoms with Crippen molar-refractivity contribution in [3.05, 3.63) is 47.3 Å². The molecule has 1 aromatic carbocycles. The fourth-order valence-corrected chi connectivity index (χ4v) is 2.89. The molecule has 5 heteroatoms. The largest absolute Gasteiger partial charge is 0.496 e. The molecule has 118 valence electrons. The Kier molecular flexibility index (Phi) is 4.75. The summed E-state index contributed by atoms with van der Waals surface area (Å²) in [4.78, 5) is 0. The highest BCUT2D eigenvalue weighted by Crippen LogP contribution is 2.22. The van der Waals surface area contributed by atoms with Gasteiger partial charge in [0.05, 0.1) is 26.0 Å². The lowest BCUT2D eigenvalue weighted by molar-refractivity contribution is 0.181. The molecule has 1 fully saturated rings. The van der Waals surface area contributed by atoms with Gasteiger partial charge in [0.2, 0.25) is 0 Å². The summed E-state index contributed by atoms with van der Waals surface area (Å²) in [6.07, 6.45) is 0.852. The highest BCUT2D eigenvalue weighted by molar-refractivity contribution is 5.33. The maximum Gasteiger partial charge on any atom is 0.137 e. The average molecular weight is 302 g/mol. The molecule has 1 aliphatic heterocycles. The minimum Gasteiger partial charge on any atom is -0.496 e. The molecule has 1 aromatic heterocycles. The Labute approximate surface area is 130 Å². The third kappa shape index (κ3) is 3.48. The fraction of sp³-hybridized carbons (Fsp3) is 0.471. The number of ether oxygens (including phenoxy) is 2. The first kappa shape index (κ1) is 15.1. The van der Waals surface area contributed by atoms with Crippen LogP contribution in [0.5, 0.6) is 5.75 Å². The summed E-state index contributed by atoms with van der Waals surface area (Å²) in [6.45, 7) is 4.19. The van der Waals surface area contributed by atoms with Crippen LogP contribution in [0.15, 0.2) is 34.9 Å². The first-order valence-electron chi connectivity index (χ1n) is 7.61. The SMILES string of the molecule is COc1ccccc1CN[C@@H]1COC[C@H]1Cc1cc(C)no1. The number of aromatic nitrogens is 1. The molecular weight excluding hydrogens is 280 g/mol. The first-order valence-corrected chi connectivity index (χ1v) is 7.61. The number of aryl methyl sites for hydroxylation is 1. The maximum absolute atomic E-state index is 5.64. The van der Waals surface area contributed by atoms with Gasteiger partial charge in [0.15, 0.2) is 0 Å². The number of rotatable bonds is 6. The molecule has 1 N–H and O–H groups in total.